The van der Waals surface area contributed by atoms with Crippen molar-refractivity contribution in [3.8, 4) is 0 Å². The fraction of sp³-hybridized carbons (Fsp3) is 0.154. The third-order valence-electron chi connectivity index (χ3n) is 5.79. The van der Waals surface area contributed by atoms with Gasteiger partial charge in [-0.05, 0) is 40.1 Å². The number of hydrogen-bond donors (Lipinski definition) is 0. The first kappa shape index (κ1) is 20.0. The fourth-order valence-electron chi connectivity index (χ4n) is 4.31. The molecule has 6 heteroatoms. The molecule has 0 saturated heterocycles. The molecule has 3 aromatic carbocycles. The smallest absolute Gasteiger partial charge is 0.355 e. The summed E-state index contributed by atoms with van der Waals surface area (Å²) in [4.78, 5) is 27.8. The van der Waals surface area contributed by atoms with Gasteiger partial charge >= 0.3 is 11.9 Å². The lowest BCUT2D eigenvalue weighted by Gasteiger charge is -2.43. The molecule has 0 radical (unpaired) electrons. The number of para-hydroxylation sites is 1. The van der Waals surface area contributed by atoms with E-state index in [0.29, 0.717) is 0 Å². The number of anilines is 1. The van der Waals surface area contributed by atoms with Crippen LogP contribution in [0.25, 0.3) is 16.8 Å². The van der Waals surface area contributed by atoms with E-state index in [0.717, 1.165) is 27.6 Å². The van der Waals surface area contributed by atoms with Gasteiger partial charge in [-0.25, -0.2) is 9.59 Å². The molecule has 3 aromatic rings. The van der Waals surface area contributed by atoms with Gasteiger partial charge in [-0.3, -0.25) is 0 Å². The average molecular weight is 427 g/mol. The maximum absolute atomic E-state index is 13.0. The number of esters is 2. The second-order valence-corrected chi connectivity index (χ2v) is 7.55. The fourth-order valence-corrected chi connectivity index (χ4v) is 4.31. The summed E-state index contributed by atoms with van der Waals surface area (Å²) < 4.78 is 16.6. The number of benzene rings is 3. The highest BCUT2D eigenvalue weighted by Gasteiger charge is 2.44. The maximum Gasteiger partial charge on any atom is 0.355 e. The van der Waals surface area contributed by atoms with Crippen LogP contribution in [0.5, 0.6) is 0 Å². The predicted molar refractivity (Wildman–Crippen MR) is 121 cm³/mol. The van der Waals surface area contributed by atoms with Crippen LogP contribution in [0.1, 0.15) is 17.2 Å². The molecule has 0 unspecified atom stereocenters. The summed E-state index contributed by atoms with van der Waals surface area (Å²) in [6.07, 6.45) is 2.42. The van der Waals surface area contributed by atoms with E-state index in [1.807, 2.05) is 78.9 Å². The Balaban J connectivity index is 1.75. The first-order valence-corrected chi connectivity index (χ1v) is 10.2. The molecule has 2 aliphatic heterocycles. The van der Waals surface area contributed by atoms with Gasteiger partial charge in [0.1, 0.15) is 17.4 Å². The molecule has 0 amide bonds. The number of fused-ring (bicyclic) bond motifs is 4. The highest BCUT2D eigenvalue weighted by atomic mass is 16.5. The SMILES string of the molecule is COC(=O)C1=C(C(=O)OC)N2c3ccccc3C=C[C@@H]2O[C@@H]1c1ccc2ccccc2c1. The number of rotatable bonds is 3. The number of methoxy groups -OCH3 is 2. The van der Waals surface area contributed by atoms with Crippen molar-refractivity contribution in [2.75, 3.05) is 19.1 Å². The van der Waals surface area contributed by atoms with E-state index in [1.54, 1.807) is 4.90 Å². The Hall–Kier alpha value is -3.90. The van der Waals surface area contributed by atoms with Crippen LogP contribution in [-0.4, -0.2) is 32.4 Å². The number of nitrogens with zero attached hydrogens (tertiary/aromatic N) is 1. The standard InChI is InChI=1S/C26H21NO5/c1-30-25(28)22-23(26(29)31-2)27-20-10-6-5-8-17(20)13-14-21(27)32-24(22)19-12-11-16-7-3-4-9-18(16)15-19/h3-15,21,24H,1-2H3/t21-,24+/m0/s1. The molecule has 0 fully saturated rings. The van der Waals surface area contributed by atoms with Crippen molar-refractivity contribution >= 4 is 34.5 Å². The van der Waals surface area contributed by atoms with Crippen LogP contribution in [0.15, 0.2) is 84.1 Å². The van der Waals surface area contributed by atoms with Gasteiger partial charge in [0, 0.05) is 0 Å². The molecule has 0 spiro atoms. The third kappa shape index (κ3) is 3.16. The summed E-state index contributed by atoms with van der Waals surface area (Å²) in [7, 11) is 2.59. The summed E-state index contributed by atoms with van der Waals surface area (Å²) in [6, 6.07) is 21.4. The van der Waals surface area contributed by atoms with Crippen LogP contribution in [0.4, 0.5) is 5.69 Å². The van der Waals surface area contributed by atoms with Gasteiger partial charge in [0.25, 0.3) is 0 Å². The van der Waals surface area contributed by atoms with Crippen LogP contribution in [0.3, 0.4) is 0 Å². The minimum absolute atomic E-state index is 0.107. The predicted octanol–water partition coefficient (Wildman–Crippen LogP) is 4.37. The molecule has 0 aliphatic carbocycles. The molecule has 160 valence electrons. The quantitative estimate of drug-likeness (QED) is 0.579. The number of carbonyl (C=O) groups excluding carboxylic acids is 2. The van der Waals surface area contributed by atoms with E-state index in [1.165, 1.54) is 14.2 Å². The van der Waals surface area contributed by atoms with Crippen LogP contribution >= 0.6 is 0 Å². The highest BCUT2D eigenvalue weighted by Crippen LogP contribution is 2.44. The van der Waals surface area contributed by atoms with Crippen LogP contribution in [-0.2, 0) is 23.8 Å². The Morgan fingerprint density at radius 1 is 0.875 bits per heavy atom. The Morgan fingerprint density at radius 2 is 1.59 bits per heavy atom. The van der Waals surface area contributed by atoms with Crippen molar-refractivity contribution in [1.82, 2.24) is 0 Å². The monoisotopic (exact) mass is 427 g/mol. The molecule has 2 atom stereocenters. The topological polar surface area (TPSA) is 65.1 Å². The molecule has 0 N–H and O–H groups in total. The summed E-state index contributed by atoms with van der Waals surface area (Å²) in [5.74, 6) is -1.27. The van der Waals surface area contributed by atoms with Crippen LogP contribution in [0.2, 0.25) is 0 Å². The molecule has 6 nitrogen and oxygen atoms in total. The van der Waals surface area contributed by atoms with Gasteiger partial charge in [0.05, 0.1) is 19.9 Å². The van der Waals surface area contributed by atoms with E-state index < -0.39 is 24.3 Å². The highest BCUT2D eigenvalue weighted by molar-refractivity contribution is 6.05. The van der Waals surface area contributed by atoms with Crippen molar-refractivity contribution in [3.05, 3.63) is 95.2 Å². The van der Waals surface area contributed by atoms with E-state index >= 15 is 0 Å². The van der Waals surface area contributed by atoms with Gasteiger partial charge in [-0.15, -0.1) is 0 Å². The molecular weight excluding hydrogens is 406 g/mol. The molecule has 2 aliphatic rings. The molecule has 2 heterocycles. The molecule has 5 rings (SSSR count). The molecular formula is C26H21NO5. The van der Waals surface area contributed by atoms with Crippen molar-refractivity contribution in [3.63, 3.8) is 0 Å². The minimum atomic E-state index is -0.808. The van der Waals surface area contributed by atoms with E-state index in [-0.39, 0.29) is 11.3 Å². The molecule has 32 heavy (non-hydrogen) atoms. The van der Waals surface area contributed by atoms with Crippen molar-refractivity contribution in [2.45, 2.75) is 12.3 Å². The summed E-state index contributed by atoms with van der Waals surface area (Å²) in [6.45, 7) is 0. The van der Waals surface area contributed by atoms with Gasteiger partial charge in [0.2, 0.25) is 0 Å². The van der Waals surface area contributed by atoms with E-state index in [2.05, 4.69) is 0 Å². The second kappa shape index (κ2) is 7.98. The largest absolute Gasteiger partial charge is 0.466 e. The summed E-state index contributed by atoms with van der Waals surface area (Å²) in [5, 5.41) is 2.07. The minimum Gasteiger partial charge on any atom is -0.466 e. The Bertz CT molecular complexity index is 1290. The zero-order chi connectivity index (χ0) is 22.2. The lowest BCUT2D eigenvalue weighted by Crippen LogP contribution is -2.47. The second-order valence-electron chi connectivity index (χ2n) is 7.55. The Labute approximate surface area is 185 Å². The third-order valence-corrected chi connectivity index (χ3v) is 5.79. The first-order valence-electron chi connectivity index (χ1n) is 10.2. The van der Waals surface area contributed by atoms with Crippen molar-refractivity contribution in [1.29, 1.82) is 0 Å². The van der Waals surface area contributed by atoms with E-state index in [4.69, 9.17) is 14.2 Å². The summed E-state index contributed by atoms with van der Waals surface area (Å²) >= 11 is 0. The number of hydrogen-bond acceptors (Lipinski definition) is 6. The van der Waals surface area contributed by atoms with Crippen molar-refractivity contribution < 1.29 is 23.8 Å². The van der Waals surface area contributed by atoms with Crippen LogP contribution < -0.4 is 4.90 Å². The van der Waals surface area contributed by atoms with Crippen LogP contribution in [0, 0.1) is 0 Å². The Morgan fingerprint density at radius 3 is 2.38 bits per heavy atom. The van der Waals surface area contributed by atoms with Gasteiger partial charge < -0.3 is 19.1 Å². The van der Waals surface area contributed by atoms with E-state index in [9.17, 15) is 9.59 Å². The van der Waals surface area contributed by atoms with Gasteiger partial charge in [-0.2, -0.15) is 0 Å². The lowest BCUT2D eigenvalue weighted by atomic mass is 9.93. The zero-order valence-electron chi connectivity index (χ0n) is 17.6. The zero-order valence-corrected chi connectivity index (χ0v) is 17.6. The number of ether oxygens (including phenoxy) is 3. The molecule has 0 aromatic heterocycles. The van der Waals surface area contributed by atoms with Crippen molar-refractivity contribution in [2.24, 2.45) is 0 Å². The first-order chi connectivity index (χ1) is 15.6. The van der Waals surface area contributed by atoms with Gasteiger partial charge in [0.15, 0.2) is 6.23 Å². The molecule has 0 bridgehead atoms. The normalized spacial score (nSPS) is 19.4. The molecule has 0 saturated carbocycles. The Kier molecular flexibility index (Phi) is 4.99. The lowest BCUT2D eigenvalue weighted by molar-refractivity contribution is -0.142. The van der Waals surface area contributed by atoms with Gasteiger partial charge in [-0.1, -0.05) is 60.7 Å². The maximum atomic E-state index is 13.0. The number of carbonyl (C=O) groups is 2. The average Bonchev–Trinajstić information content (AvgIpc) is 2.86. The summed E-state index contributed by atoms with van der Waals surface area (Å²) in [5.41, 5.74) is 2.62.